The van der Waals surface area contributed by atoms with Gasteiger partial charge < -0.3 is 9.47 Å². The van der Waals surface area contributed by atoms with E-state index in [0.29, 0.717) is 16.5 Å². The highest BCUT2D eigenvalue weighted by molar-refractivity contribution is 6.30. The maximum Gasteiger partial charge on any atom is 0.349 e. The lowest BCUT2D eigenvalue weighted by Gasteiger charge is -2.07. The third-order valence-corrected chi connectivity index (χ3v) is 3.71. The van der Waals surface area contributed by atoms with Gasteiger partial charge in [-0.25, -0.2) is 4.79 Å². The minimum absolute atomic E-state index is 0.175. The van der Waals surface area contributed by atoms with Crippen LogP contribution < -0.4 is 9.47 Å². The van der Waals surface area contributed by atoms with Gasteiger partial charge in [-0.05, 0) is 59.7 Å². The van der Waals surface area contributed by atoms with Crippen molar-refractivity contribution >= 4 is 29.7 Å². The maximum absolute atomic E-state index is 11.9. The first kappa shape index (κ1) is 17.7. The van der Waals surface area contributed by atoms with Gasteiger partial charge in [-0.2, -0.15) is 0 Å². The van der Waals surface area contributed by atoms with Crippen LogP contribution in [0.15, 0.2) is 73.1 Å². The Bertz CT molecular complexity index is 875. The maximum atomic E-state index is 11.9. The Morgan fingerprint density at radius 1 is 0.846 bits per heavy atom. The van der Waals surface area contributed by atoms with Crippen molar-refractivity contribution in [2.45, 2.75) is 0 Å². The molecule has 2 aromatic carbocycles. The number of rotatable bonds is 6. The van der Waals surface area contributed by atoms with Gasteiger partial charge in [0, 0.05) is 17.4 Å². The molecule has 0 amide bonds. The zero-order valence-corrected chi connectivity index (χ0v) is 14.6. The largest absolute Gasteiger partial charge is 0.482 e. The van der Waals surface area contributed by atoms with Gasteiger partial charge in [-0.3, -0.25) is 4.98 Å². The third-order valence-electron chi connectivity index (χ3n) is 3.46. The normalized spacial score (nSPS) is 10.7. The lowest BCUT2D eigenvalue weighted by molar-refractivity contribution is -0.136. The van der Waals surface area contributed by atoms with E-state index >= 15 is 0 Å². The zero-order valence-electron chi connectivity index (χ0n) is 13.8. The molecule has 0 atom stereocenters. The molecule has 130 valence electrons. The van der Waals surface area contributed by atoms with Crippen molar-refractivity contribution in [3.63, 3.8) is 0 Å². The summed E-state index contributed by atoms with van der Waals surface area (Å²) < 4.78 is 10.6. The summed E-state index contributed by atoms with van der Waals surface area (Å²) in [7, 11) is 0. The van der Waals surface area contributed by atoms with E-state index in [4.69, 9.17) is 21.1 Å². The van der Waals surface area contributed by atoms with Crippen molar-refractivity contribution in [2.24, 2.45) is 0 Å². The highest BCUT2D eigenvalue weighted by Gasteiger charge is 2.06. The van der Waals surface area contributed by atoms with Crippen LogP contribution >= 0.6 is 11.6 Å². The number of hydrogen-bond acceptors (Lipinski definition) is 4. The number of esters is 1. The van der Waals surface area contributed by atoms with Crippen molar-refractivity contribution in [1.29, 1.82) is 0 Å². The van der Waals surface area contributed by atoms with Crippen LogP contribution in [0.5, 0.6) is 11.5 Å². The van der Waals surface area contributed by atoms with Crippen LogP contribution in [0.3, 0.4) is 0 Å². The second-order valence-electron chi connectivity index (χ2n) is 5.40. The van der Waals surface area contributed by atoms with Gasteiger partial charge in [0.15, 0.2) is 6.61 Å². The van der Waals surface area contributed by atoms with E-state index in [1.807, 2.05) is 36.4 Å². The molecule has 0 aliphatic heterocycles. The van der Waals surface area contributed by atoms with Crippen LogP contribution in [-0.4, -0.2) is 17.6 Å². The number of ether oxygens (including phenoxy) is 2. The molecule has 3 rings (SSSR count). The fourth-order valence-corrected chi connectivity index (χ4v) is 2.27. The predicted octanol–water partition coefficient (Wildman–Crippen LogP) is 4.89. The first-order valence-corrected chi connectivity index (χ1v) is 8.34. The third kappa shape index (κ3) is 5.46. The first-order valence-electron chi connectivity index (χ1n) is 7.96. The Kier molecular flexibility index (Phi) is 6.01. The molecule has 26 heavy (non-hydrogen) atoms. The first-order chi connectivity index (χ1) is 12.7. The van der Waals surface area contributed by atoms with Crippen molar-refractivity contribution in [2.75, 3.05) is 6.61 Å². The Morgan fingerprint density at radius 2 is 1.42 bits per heavy atom. The topological polar surface area (TPSA) is 48.4 Å². The van der Waals surface area contributed by atoms with Gasteiger partial charge in [0.1, 0.15) is 11.5 Å². The number of carbonyl (C=O) groups excluding carboxylic acids is 1. The molecule has 0 saturated heterocycles. The molecular weight excluding hydrogens is 350 g/mol. The van der Waals surface area contributed by atoms with Crippen LogP contribution in [0.25, 0.3) is 12.2 Å². The highest BCUT2D eigenvalue weighted by Crippen LogP contribution is 2.17. The number of carbonyl (C=O) groups is 1. The number of aromatic nitrogens is 1. The van der Waals surface area contributed by atoms with E-state index in [9.17, 15) is 4.79 Å². The molecule has 0 radical (unpaired) electrons. The Hall–Kier alpha value is -3.11. The fourth-order valence-electron chi connectivity index (χ4n) is 2.15. The molecule has 4 nitrogen and oxygen atoms in total. The molecule has 0 saturated carbocycles. The number of halogens is 1. The smallest absolute Gasteiger partial charge is 0.349 e. The second kappa shape index (κ2) is 8.83. The van der Waals surface area contributed by atoms with E-state index in [2.05, 4.69) is 4.98 Å². The molecule has 0 N–H and O–H groups in total. The SMILES string of the molecule is O=C(COc1ccc(Cl)cc1)Oc1ccc(C=Cc2ccncc2)cc1. The van der Waals surface area contributed by atoms with Crippen LogP contribution in [0, 0.1) is 0 Å². The number of pyridine rings is 1. The Morgan fingerprint density at radius 3 is 2.08 bits per heavy atom. The molecule has 0 aliphatic rings. The van der Waals surface area contributed by atoms with Gasteiger partial charge in [0.05, 0.1) is 0 Å². The van der Waals surface area contributed by atoms with Crippen LogP contribution in [0.2, 0.25) is 5.02 Å². The summed E-state index contributed by atoms with van der Waals surface area (Å²) in [4.78, 5) is 15.8. The van der Waals surface area contributed by atoms with Crippen molar-refractivity contribution in [1.82, 2.24) is 4.98 Å². The molecule has 0 aliphatic carbocycles. The summed E-state index contributed by atoms with van der Waals surface area (Å²) in [5.41, 5.74) is 2.06. The molecule has 0 bridgehead atoms. The van der Waals surface area contributed by atoms with Crippen LogP contribution in [0.4, 0.5) is 0 Å². The van der Waals surface area contributed by atoms with Crippen molar-refractivity contribution < 1.29 is 14.3 Å². The summed E-state index contributed by atoms with van der Waals surface area (Å²) >= 11 is 5.80. The van der Waals surface area contributed by atoms with Crippen LogP contribution in [-0.2, 0) is 4.79 Å². The Labute approximate surface area is 156 Å². The van der Waals surface area contributed by atoms with E-state index in [-0.39, 0.29) is 6.61 Å². The molecule has 0 unspecified atom stereocenters. The average Bonchev–Trinajstić information content (AvgIpc) is 2.68. The molecule has 1 heterocycles. The molecule has 3 aromatic rings. The van der Waals surface area contributed by atoms with Gasteiger partial charge in [0.25, 0.3) is 0 Å². The molecule has 0 fully saturated rings. The zero-order chi connectivity index (χ0) is 18.2. The van der Waals surface area contributed by atoms with Gasteiger partial charge in [0.2, 0.25) is 0 Å². The van der Waals surface area contributed by atoms with Crippen molar-refractivity contribution in [3.05, 3.63) is 89.2 Å². The van der Waals surface area contributed by atoms with Gasteiger partial charge in [-0.15, -0.1) is 0 Å². The van der Waals surface area contributed by atoms with Gasteiger partial charge >= 0.3 is 5.97 Å². The monoisotopic (exact) mass is 365 g/mol. The summed E-state index contributed by atoms with van der Waals surface area (Å²) in [5, 5.41) is 0.609. The molecule has 1 aromatic heterocycles. The summed E-state index contributed by atoms with van der Waals surface area (Å²) in [6.07, 6.45) is 7.45. The summed E-state index contributed by atoms with van der Waals surface area (Å²) in [6, 6.07) is 17.9. The second-order valence-corrected chi connectivity index (χ2v) is 5.84. The van der Waals surface area contributed by atoms with Gasteiger partial charge in [-0.1, -0.05) is 35.9 Å². The quantitative estimate of drug-likeness (QED) is 0.461. The summed E-state index contributed by atoms with van der Waals surface area (Å²) in [5.74, 6) is 0.554. The molecule has 5 heteroatoms. The van der Waals surface area contributed by atoms with E-state index in [1.165, 1.54) is 0 Å². The molecular formula is C21H16ClNO3. The van der Waals surface area contributed by atoms with E-state index in [1.54, 1.807) is 48.8 Å². The highest BCUT2D eigenvalue weighted by atomic mass is 35.5. The number of benzene rings is 2. The molecule has 0 spiro atoms. The fraction of sp³-hybridized carbons (Fsp3) is 0.0476. The standard InChI is InChI=1S/C21H16ClNO3/c22-18-5-9-19(10-6-18)25-15-21(24)26-20-7-3-16(4-8-20)1-2-17-11-13-23-14-12-17/h1-14H,15H2. The lowest BCUT2D eigenvalue weighted by Crippen LogP contribution is -2.17. The number of nitrogens with zero attached hydrogens (tertiary/aromatic N) is 1. The minimum Gasteiger partial charge on any atom is -0.482 e. The minimum atomic E-state index is -0.472. The van der Waals surface area contributed by atoms with E-state index in [0.717, 1.165) is 11.1 Å². The van der Waals surface area contributed by atoms with Crippen molar-refractivity contribution in [3.8, 4) is 11.5 Å². The van der Waals surface area contributed by atoms with E-state index < -0.39 is 5.97 Å². The lowest BCUT2D eigenvalue weighted by atomic mass is 10.1. The summed E-state index contributed by atoms with van der Waals surface area (Å²) in [6.45, 7) is -0.175. The number of hydrogen-bond donors (Lipinski definition) is 0. The predicted molar refractivity (Wildman–Crippen MR) is 102 cm³/mol. The van der Waals surface area contributed by atoms with Crippen LogP contribution in [0.1, 0.15) is 11.1 Å². The average molecular weight is 366 g/mol. The Balaban J connectivity index is 1.51.